The van der Waals surface area contributed by atoms with E-state index in [1.54, 1.807) is 0 Å². The van der Waals surface area contributed by atoms with Gasteiger partial charge in [0.2, 0.25) is 0 Å². The minimum atomic E-state index is -0.469. The van der Waals surface area contributed by atoms with Gasteiger partial charge in [0.25, 0.3) is 0 Å². The number of nitrogens with one attached hydrogen (secondary N) is 1. The maximum atomic E-state index is 11.9. The summed E-state index contributed by atoms with van der Waals surface area (Å²) in [6, 6.07) is 18.9. The Kier molecular flexibility index (Phi) is 4.95. The molecule has 2 aromatic carbocycles. The van der Waals surface area contributed by atoms with E-state index in [2.05, 4.69) is 5.32 Å². The number of rotatable bonds is 4. The molecule has 3 heteroatoms. The van der Waals surface area contributed by atoms with Crippen molar-refractivity contribution in [3.05, 3.63) is 78.4 Å². The van der Waals surface area contributed by atoms with Crippen LogP contribution in [0.1, 0.15) is 18.6 Å². The predicted octanol–water partition coefficient (Wildman–Crippen LogP) is 4.55. The van der Waals surface area contributed by atoms with Gasteiger partial charge in [0.15, 0.2) is 0 Å². The van der Waals surface area contributed by atoms with Crippen molar-refractivity contribution in [2.75, 3.05) is 5.32 Å². The van der Waals surface area contributed by atoms with Gasteiger partial charge in [0, 0.05) is 5.69 Å². The van der Waals surface area contributed by atoms with E-state index < -0.39 is 6.09 Å². The number of benzene rings is 2. The van der Waals surface area contributed by atoms with E-state index in [0.29, 0.717) is 5.69 Å². The molecule has 0 aliphatic carbocycles. The van der Waals surface area contributed by atoms with Crippen LogP contribution in [0.2, 0.25) is 0 Å². The predicted molar refractivity (Wildman–Crippen MR) is 80.5 cm³/mol. The van der Waals surface area contributed by atoms with Gasteiger partial charge >= 0.3 is 6.09 Å². The van der Waals surface area contributed by atoms with Gasteiger partial charge in [-0.2, -0.15) is 0 Å². The number of amides is 1. The zero-order chi connectivity index (χ0) is 14.2. The summed E-state index contributed by atoms with van der Waals surface area (Å²) in [4.78, 5) is 11.9. The van der Waals surface area contributed by atoms with Gasteiger partial charge in [0.05, 0.1) is 0 Å². The Morgan fingerprint density at radius 1 is 1.05 bits per heavy atom. The number of para-hydroxylation sites is 1. The molecule has 0 aromatic heterocycles. The van der Waals surface area contributed by atoms with Crippen LogP contribution in [-0.2, 0) is 4.74 Å². The van der Waals surface area contributed by atoms with Crippen molar-refractivity contribution < 1.29 is 9.53 Å². The van der Waals surface area contributed by atoms with Gasteiger partial charge in [-0.25, -0.2) is 4.79 Å². The van der Waals surface area contributed by atoms with E-state index in [1.165, 1.54) is 0 Å². The normalized spacial score (nSPS) is 12.1. The van der Waals surface area contributed by atoms with Crippen LogP contribution in [0.5, 0.6) is 0 Å². The highest BCUT2D eigenvalue weighted by atomic mass is 16.6. The Balaban J connectivity index is 2.03. The molecule has 20 heavy (non-hydrogen) atoms. The first-order valence-corrected chi connectivity index (χ1v) is 6.50. The van der Waals surface area contributed by atoms with E-state index in [9.17, 15) is 4.79 Å². The van der Waals surface area contributed by atoms with Crippen molar-refractivity contribution in [1.29, 1.82) is 0 Å². The number of ether oxygens (including phenoxy) is 1. The zero-order valence-electron chi connectivity index (χ0n) is 11.3. The summed E-state index contributed by atoms with van der Waals surface area (Å²) in [5.74, 6) is 0. The van der Waals surface area contributed by atoms with Crippen molar-refractivity contribution in [2.24, 2.45) is 0 Å². The summed E-state index contributed by atoms with van der Waals surface area (Å²) in [5.41, 5.74) is 1.65. The van der Waals surface area contributed by atoms with Crippen molar-refractivity contribution in [2.45, 2.75) is 13.0 Å². The van der Waals surface area contributed by atoms with Crippen LogP contribution < -0.4 is 5.32 Å². The topological polar surface area (TPSA) is 38.3 Å². The molecule has 1 amide bonds. The fraction of sp³-hybridized carbons (Fsp3) is 0.118. The first kappa shape index (κ1) is 13.9. The molecule has 0 bridgehead atoms. The third kappa shape index (κ3) is 3.99. The van der Waals surface area contributed by atoms with Crippen molar-refractivity contribution in [3.63, 3.8) is 0 Å². The molecule has 102 valence electrons. The maximum absolute atomic E-state index is 11.9. The van der Waals surface area contributed by atoms with Crippen molar-refractivity contribution in [3.8, 4) is 0 Å². The second kappa shape index (κ2) is 7.14. The Morgan fingerprint density at radius 3 is 2.25 bits per heavy atom. The molecule has 1 atom stereocenters. The van der Waals surface area contributed by atoms with Crippen molar-refractivity contribution in [1.82, 2.24) is 0 Å². The van der Waals surface area contributed by atoms with Crippen LogP contribution in [0, 0.1) is 0 Å². The lowest BCUT2D eigenvalue weighted by Crippen LogP contribution is -2.16. The van der Waals surface area contributed by atoms with Crippen LogP contribution in [0.4, 0.5) is 10.5 Å². The second-order valence-electron chi connectivity index (χ2n) is 4.25. The lowest BCUT2D eigenvalue weighted by Gasteiger charge is -2.15. The average Bonchev–Trinajstić information content (AvgIpc) is 2.49. The van der Waals surface area contributed by atoms with E-state index in [1.807, 2.05) is 79.7 Å². The molecule has 1 unspecified atom stereocenters. The van der Waals surface area contributed by atoms with E-state index in [4.69, 9.17) is 4.74 Å². The second-order valence-corrected chi connectivity index (χ2v) is 4.25. The van der Waals surface area contributed by atoms with Gasteiger partial charge in [-0.15, -0.1) is 0 Å². The summed E-state index contributed by atoms with van der Waals surface area (Å²) in [7, 11) is 0. The summed E-state index contributed by atoms with van der Waals surface area (Å²) in [6.45, 7) is 1.90. The Hall–Kier alpha value is -2.55. The van der Waals surface area contributed by atoms with E-state index in [-0.39, 0.29) is 6.10 Å². The monoisotopic (exact) mass is 267 g/mol. The fourth-order valence-corrected chi connectivity index (χ4v) is 1.82. The molecule has 0 saturated carbocycles. The molecule has 0 aliphatic rings. The molecule has 2 rings (SSSR count). The smallest absolute Gasteiger partial charge is 0.412 e. The summed E-state index contributed by atoms with van der Waals surface area (Å²) in [5, 5.41) is 2.71. The van der Waals surface area contributed by atoms with Gasteiger partial charge in [-0.1, -0.05) is 54.6 Å². The Morgan fingerprint density at radius 2 is 1.65 bits per heavy atom. The minimum absolute atomic E-state index is 0.384. The third-order valence-corrected chi connectivity index (χ3v) is 2.75. The molecular formula is C17H17NO2. The molecule has 1 N–H and O–H groups in total. The number of allylic oxidation sites excluding steroid dienone is 1. The van der Waals surface area contributed by atoms with Gasteiger partial charge in [0.1, 0.15) is 6.10 Å². The lowest BCUT2D eigenvalue weighted by atomic mass is 10.1. The van der Waals surface area contributed by atoms with Crippen molar-refractivity contribution >= 4 is 11.8 Å². The molecule has 3 nitrogen and oxygen atoms in total. The molecule has 0 radical (unpaired) electrons. The summed E-state index contributed by atoms with van der Waals surface area (Å²) >= 11 is 0. The first-order valence-electron chi connectivity index (χ1n) is 6.50. The van der Waals surface area contributed by atoms with E-state index in [0.717, 1.165) is 5.56 Å². The van der Waals surface area contributed by atoms with Gasteiger partial charge < -0.3 is 4.74 Å². The third-order valence-electron chi connectivity index (χ3n) is 2.75. The lowest BCUT2D eigenvalue weighted by molar-refractivity contribution is 0.134. The summed E-state index contributed by atoms with van der Waals surface area (Å²) < 4.78 is 5.44. The van der Waals surface area contributed by atoms with E-state index >= 15 is 0 Å². The summed E-state index contributed by atoms with van der Waals surface area (Å²) in [6.07, 6.45) is 2.86. The first-order chi connectivity index (χ1) is 9.79. The minimum Gasteiger partial charge on any atom is -0.437 e. The highest BCUT2D eigenvalue weighted by molar-refractivity contribution is 5.84. The number of anilines is 1. The number of hydrogen-bond donors (Lipinski definition) is 1. The quantitative estimate of drug-likeness (QED) is 0.825. The Labute approximate surface area is 118 Å². The molecule has 0 fully saturated rings. The number of carbonyl (C=O) groups excluding carboxylic acids is 1. The van der Waals surface area contributed by atoms with Crippen LogP contribution in [0.3, 0.4) is 0 Å². The standard InChI is InChI=1S/C17H17NO2/c1-2-9-16(14-10-5-3-6-11-14)20-17(19)18-15-12-7-4-8-13-15/h2-13,16H,1H3,(H,18,19)/b9-2+. The molecule has 2 aromatic rings. The number of hydrogen-bond acceptors (Lipinski definition) is 2. The SMILES string of the molecule is C/C=C/C(OC(=O)Nc1ccccc1)c1ccccc1. The number of carbonyl (C=O) groups is 1. The molecule has 0 aliphatic heterocycles. The van der Waals surface area contributed by atoms with Gasteiger partial charge in [-0.3, -0.25) is 5.32 Å². The molecule has 0 spiro atoms. The molecule has 0 heterocycles. The highest BCUT2D eigenvalue weighted by Gasteiger charge is 2.13. The highest BCUT2D eigenvalue weighted by Crippen LogP contribution is 2.19. The molecular weight excluding hydrogens is 250 g/mol. The maximum Gasteiger partial charge on any atom is 0.412 e. The van der Waals surface area contributed by atoms with Gasteiger partial charge in [-0.05, 0) is 30.7 Å². The molecule has 0 saturated heterocycles. The van der Waals surface area contributed by atoms with Crippen LogP contribution >= 0.6 is 0 Å². The average molecular weight is 267 g/mol. The van der Waals surface area contributed by atoms with Crippen LogP contribution in [-0.4, -0.2) is 6.09 Å². The Bertz CT molecular complexity index is 564. The largest absolute Gasteiger partial charge is 0.437 e. The van der Waals surface area contributed by atoms with Crippen LogP contribution in [0.15, 0.2) is 72.8 Å². The fourth-order valence-electron chi connectivity index (χ4n) is 1.82. The zero-order valence-corrected chi connectivity index (χ0v) is 11.3. The van der Waals surface area contributed by atoms with Crippen LogP contribution in [0.25, 0.3) is 0 Å².